The molecule has 1 aliphatic heterocycles. The van der Waals surface area contributed by atoms with Crippen molar-refractivity contribution in [2.75, 3.05) is 6.61 Å². The van der Waals surface area contributed by atoms with Crippen LogP contribution in [-0.4, -0.2) is 48.1 Å². The molecular formula is C21H32O6. The van der Waals surface area contributed by atoms with Crippen molar-refractivity contribution in [3.63, 3.8) is 0 Å². The highest BCUT2D eigenvalue weighted by atomic mass is 16.5. The first-order valence-corrected chi connectivity index (χ1v) is 9.67. The molecule has 0 radical (unpaired) electrons. The maximum atomic E-state index is 12.3. The highest BCUT2D eigenvalue weighted by Gasteiger charge is 2.29. The van der Waals surface area contributed by atoms with E-state index in [-0.39, 0.29) is 43.0 Å². The number of ketones is 1. The maximum Gasteiger partial charge on any atom is 0.308 e. The number of allylic oxidation sites excluding steroid dienone is 3. The van der Waals surface area contributed by atoms with Crippen LogP contribution in [0.25, 0.3) is 0 Å². The number of carbonyl (C=O) groups excluding carboxylic acids is 3. The van der Waals surface area contributed by atoms with Crippen molar-refractivity contribution in [2.24, 2.45) is 11.8 Å². The molecule has 1 heterocycles. The fourth-order valence-electron chi connectivity index (χ4n) is 3.23. The number of aliphatic hydroxyl groups is 1. The minimum Gasteiger partial charge on any atom is -0.462 e. The van der Waals surface area contributed by atoms with Crippen LogP contribution in [-0.2, 0) is 23.9 Å². The van der Waals surface area contributed by atoms with Crippen LogP contribution in [0.3, 0.4) is 0 Å². The number of rotatable bonds is 4. The molecule has 1 aliphatic rings. The Labute approximate surface area is 161 Å². The zero-order chi connectivity index (χ0) is 20.2. The van der Waals surface area contributed by atoms with Gasteiger partial charge in [-0.05, 0) is 32.3 Å². The zero-order valence-electron chi connectivity index (χ0n) is 16.5. The third-order valence-corrected chi connectivity index (χ3v) is 4.66. The van der Waals surface area contributed by atoms with Crippen LogP contribution in [0, 0.1) is 11.8 Å². The van der Waals surface area contributed by atoms with E-state index >= 15 is 0 Å². The van der Waals surface area contributed by atoms with Crippen molar-refractivity contribution in [1.82, 2.24) is 0 Å². The van der Waals surface area contributed by atoms with Crippen LogP contribution in [0.1, 0.15) is 52.9 Å². The predicted molar refractivity (Wildman–Crippen MR) is 102 cm³/mol. The largest absolute Gasteiger partial charge is 0.462 e. The van der Waals surface area contributed by atoms with Crippen LogP contribution in [0.2, 0.25) is 0 Å². The lowest BCUT2D eigenvalue weighted by Gasteiger charge is -2.29. The minimum absolute atomic E-state index is 0.0158. The van der Waals surface area contributed by atoms with Crippen molar-refractivity contribution in [1.29, 1.82) is 0 Å². The third-order valence-electron chi connectivity index (χ3n) is 4.66. The first-order chi connectivity index (χ1) is 12.9. The molecule has 152 valence electrons. The van der Waals surface area contributed by atoms with Gasteiger partial charge in [-0.25, -0.2) is 0 Å². The number of ether oxygens (including phenoxy) is 2. The summed E-state index contributed by atoms with van der Waals surface area (Å²) < 4.78 is 11.0. The van der Waals surface area contributed by atoms with E-state index in [1.165, 1.54) is 6.08 Å². The summed E-state index contributed by atoms with van der Waals surface area (Å²) in [6, 6.07) is 0. The van der Waals surface area contributed by atoms with Crippen molar-refractivity contribution in [3.8, 4) is 0 Å². The molecule has 0 saturated carbocycles. The minimum atomic E-state index is -0.926. The standard InChI is InChI=1S/C21H32O6/c1-4-26-20-13-18(23)14-21(25)27-16(3)8-6-5-7-9-19(24)15(2)12-17(20)10-11-22/h5-7,9,11,15-18,20,23H,4,8,10,12-14H2,1-3H3/b6-5+,9-7+/t15-,16-,17+,18+,20-/m1/s1. The molecule has 0 aliphatic carbocycles. The number of esters is 1. The van der Waals surface area contributed by atoms with Gasteiger partial charge in [0.1, 0.15) is 12.4 Å². The van der Waals surface area contributed by atoms with Crippen LogP contribution in [0.4, 0.5) is 0 Å². The average molecular weight is 380 g/mol. The summed E-state index contributed by atoms with van der Waals surface area (Å²) in [6.45, 7) is 5.86. The smallest absolute Gasteiger partial charge is 0.308 e. The fraction of sp³-hybridized carbons (Fsp3) is 0.667. The Morgan fingerprint density at radius 3 is 2.67 bits per heavy atom. The van der Waals surface area contributed by atoms with Crippen molar-refractivity contribution < 1.29 is 29.0 Å². The van der Waals surface area contributed by atoms with Gasteiger partial charge in [0.25, 0.3) is 0 Å². The van der Waals surface area contributed by atoms with Crippen LogP contribution in [0.15, 0.2) is 24.3 Å². The molecule has 6 nitrogen and oxygen atoms in total. The molecule has 0 saturated heterocycles. The second kappa shape index (κ2) is 12.6. The normalized spacial score (nSPS) is 33.9. The van der Waals surface area contributed by atoms with Crippen LogP contribution in [0.5, 0.6) is 0 Å². The average Bonchev–Trinajstić information content (AvgIpc) is 2.59. The first kappa shape index (κ1) is 23.2. The number of aldehydes is 1. The summed E-state index contributed by atoms with van der Waals surface area (Å²) in [5.41, 5.74) is 0. The zero-order valence-corrected chi connectivity index (χ0v) is 16.5. The topological polar surface area (TPSA) is 89.9 Å². The van der Waals surface area contributed by atoms with Gasteiger partial charge in [0, 0.05) is 31.8 Å². The Morgan fingerprint density at radius 2 is 2.00 bits per heavy atom. The Bertz CT molecular complexity index is 539. The van der Waals surface area contributed by atoms with E-state index in [4.69, 9.17) is 9.47 Å². The molecule has 0 spiro atoms. The highest BCUT2D eigenvalue weighted by Crippen LogP contribution is 2.26. The monoisotopic (exact) mass is 380 g/mol. The Kier molecular flexibility index (Phi) is 10.8. The molecule has 6 heteroatoms. The van der Waals surface area contributed by atoms with Gasteiger partial charge < -0.3 is 19.4 Å². The molecular weight excluding hydrogens is 348 g/mol. The number of cyclic esters (lactones) is 1. The summed E-state index contributed by atoms with van der Waals surface area (Å²) in [7, 11) is 0. The maximum absolute atomic E-state index is 12.3. The Hall–Kier alpha value is -1.79. The SMILES string of the molecule is CCO[C@@H]1C[C@H](O)CC(=O)O[C@H](C)C/C=C/C=C/C(=O)[C@H](C)C[C@@H]1CC=O. The Morgan fingerprint density at radius 1 is 1.26 bits per heavy atom. The molecule has 27 heavy (non-hydrogen) atoms. The molecule has 0 aromatic carbocycles. The Balaban J connectivity index is 3.03. The van der Waals surface area contributed by atoms with Gasteiger partial charge in [-0.1, -0.05) is 25.2 Å². The van der Waals surface area contributed by atoms with Gasteiger partial charge in [-0.3, -0.25) is 9.59 Å². The van der Waals surface area contributed by atoms with Crippen molar-refractivity contribution in [3.05, 3.63) is 24.3 Å². The lowest BCUT2D eigenvalue weighted by atomic mass is 9.84. The molecule has 0 aromatic heterocycles. The molecule has 1 N–H and O–H groups in total. The van der Waals surface area contributed by atoms with Gasteiger partial charge >= 0.3 is 5.97 Å². The van der Waals surface area contributed by atoms with E-state index in [9.17, 15) is 19.5 Å². The molecule has 0 unspecified atom stereocenters. The van der Waals surface area contributed by atoms with E-state index in [0.717, 1.165) is 6.29 Å². The number of carbonyl (C=O) groups is 3. The summed E-state index contributed by atoms with van der Waals surface area (Å²) in [5.74, 6) is -0.950. The molecule has 0 aromatic rings. The van der Waals surface area contributed by atoms with Gasteiger partial charge in [-0.15, -0.1) is 0 Å². The number of hydrogen-bond acceptors (Lipinski definition) is 6. The lowest BCUT2D eigenvalue weighted by Crippen LogP contribution is -2.32. The summed E-state index contributed by atoms with van der Waals surface area (Å²) in [6.07, 6.45) is 7.27. The van der Waals surface area contributed by atoms with Gasteiger partial charge in [0.2, 0.25) is 0 Å². The lowest BCUT2D eigenvalue weighted by molar-refractivity contribution is -0.151. The number of hydrogen-bond donors (Lipinski definition) is 1. The summed E-state index contributed by atoms with van der Waals surface area (Å²) in [4.78, 5) is 35.5. The molecule has 1 rings (SSSR count). The van der Waals surface area contributed by atoms with Crippen LogP contribution < -0.4 is 0 Å². The van der Waals surface area contributed by atoms with Crippen molar-refractivity contribution in [2.45, 2.75) is 71.2 Å². The van der Waals surface area contributed by atoms with E-state index in [1.807, 2.05) is 19.9 Å². The van der Waals surface area contributed by atoms with E-state index in [2.05, 4.69) is 0 Å². The first-order valence-electron chi connectivity index (χ1n) is 9.67. The fourth-order valence-corrected chi connectivity index (χ4v) is 3.23. The predicted octanol–water partition coefficient (Wildman–Crippen LogP) is 2.78. The summed E-state index contributed by atoms with van der Waals surface area (Å²) in [5, 5.41) is 10.3. The molecule has 0 amide bonds. The second-order valence-corrected chi connectivity index (χ2v) is 7.11. The number of aliphatic hydroxyl groups excluding tert-OH is 1. The van der Waals surface area contributed by atoms with E-state index < -0.39 is 18.2 Å². The van der Waals surface area contributed by atoms with E-state index in [0.29, 0.717) is 19.4 Å². The molecule has 0 bridgehead atoms. The van der Waals surface area contributed by atoms with Crippen molar-refractivity contribution >= 4 is 18.0 Å². The van der Waals surface area contributed by atoms with Gasteiger partial charge in [0.15, 0.2) is 5.78 Å². The van der Waals surface area contributed by atoms with Gasteiger partial charge in [0.05, 0.1) is 18.6 Å². The molecule has 5 atom stereocenters. The van der Waals surface area contributed by atoms with Crippen LogP contribution >= 0.6 is 0 Å². The highest BCUT2D eigenvalue weighted by molar-refractivity contribution is 5.91. The summed E-state index contributed by atoms with van der Waals surface area (Å²) >= 11 is 0. The van der Waals surface area contributed by atoms with E-state index in [1.54, 1.807) is 19.1 Å². The van der Waals surface area contributed by atoms with Gasteiger partial charge in [-0.2, -0.15) is 0 Å². The molecule has 0 fully saturated rings. The third kappa shape index (κ3) is 9.11. The quantitative estimate of drug-likeness (QED) is 0.596. The second-order valence-electron chi connectivity index (χ2n) is 7.11.